The second-order valence-corrected chi connectivity index (χ2v) is 6.50. The van der Waals surface area contributed by atoms with Gasteiger partial charge < -0.3 is 14.2 Å². The van der Waals surface area contributed by atoms with E-state index in [1.165, 1.54) is 0 Å². The van der Waals surface area contributed by atoms with Gasteiger partial charge in [0, 0.05) is 0 Å². The Hall–Kier alpha value is -1.50. The minimum Gasteiger partial charge on any atom is -0.369 e. The molecule has 0 radical (unpaired) electrons. The molecule has 4 atom stereocenters. The second kappa shape index (κ2) is 5.30. The number of fused-ring (bicyclic) bond motifs is 3. The van der Waals surface area contributed by atoms with Gasteiger partial charge in [-0.15, -0.1) is 0 Å². The lowest BCUT2D eigenvalue weighted by molar-refractivity contribution is -0.158. The molecule has 0 aliphatic carbocycles. The molecule has 0 N–H and O–H groups in total. The van der Waals surface area contributed by atoms with Crippen LogP contribution >= 0.6 is 0 Å². The summed E-state index contributed by atoms with van der Waals surface area (Å²) in [5.41, 5.74) is 1.15. The molecule has 3 aliphatic rings. The first-order valence-corrected chi connectivity index (χ1v) is 7.78. The summed E-state index contributed by atoms with van der Waals surface area (Å²) in [6.07, 6.45) is -0.178. The van der Waals surface area contributed by atoms with Gasteiger partial charge in [-0.25, -0.2) is 0 Å². The maximum atomic E-state index is 6.14. The molecule has 1 aromatic rings. The van der Waals surface area contributed by atoms with Crippen LogP contribution in [0, 0.1) is 0 Å². The average molecular weight is 303 g/mol. The first-order valence-electron chi connectivity index (χ1n) is 7.78. The number of nitrogens with zero attached hydrogens (tertiary/aromatic N) is 3. The Balaban J connectivity index is 1.50. The van der Waals surface area contributed by atoms with E-state index in [4.69, 9.17) is 14.2 Å². The van der Waals surface area contributed by atoms with E-state index in [9.17, 15) is 0 Å². The van der Waals surface area contributed by atoms with Crippen molar-refractivity contribution in [2.24, 2.45) is 10.3 Å². The van der Waals surface area contributed by atoms with Gasteiger partial charge in [0.1, 0.15) is 18.3 Å². The molecule has 0 amide bonds. The first-order chi connectivity index (χ1) is 10.6. The third-order valence-electron chi connectivity index (χ3n) is 4.41. The molecule has 0 unspecified atom stereocenters. The van der Waals surface area contributed by atoms with Gasteiger partial charge >= 0.3 is 0 Å². The van der Waals surface area contributed by atoms with Gasteiger partial charge in [0.2, 0.25) is 0 Å². The van der Waals surface area contributed by atoms with Crippen LogP contribution in [-0.2, 0) is 20.8 Å². The molecule has 3 aliphatic heterocycles. The molecule has 0 bridgehead atoms. The summed E-state index contributed by atoms with van der Waals surface area (Å²) in [6.45, 7) is 5.84. The standard InChI is InChI=1S/C16H21N3O3/c1-16(2)21-14-12-8-17-18-19(12)9-13(15(14)22-16)20-10-11-6-4-3-5-7-11/h3-7,12-15H,8-10H2,1-2H3/t12-,13+,14-,15-/m1/s1. The third-order valence-corrected chi connectivity index (χ3v) is 4.41. The number of hydrogen-bond acceptors (Lipinski definition) is 6. The lowest BCUT2D eigenvalue weighted by Gasteiger charge is -2.39. The van der Waals surface area contributed by atoms with E-state index >= 15 is 0 Å². The van der Waals surface area contributed by atoms with Crippen LogP contribution in [0.2, 0.25) is 0 Å². The Morgan fingerprint density at radius 2 is 2.00 bits per heavy atom. The Morgan fingerprint density at radius 1 is 1.23 bits per heavy atom. The number of benzene rings is 1. The van der Waals surface area contributed by atoms with Crippen LogP contribution in [0.4, 0.5) is 0 Å². The molecule has 0 aromatic heterocycles. The summed E-state index contributed by atoms with van der Waals surface area (Å²) >= 11 is 0. The highest BCUT2D eigenvalue weighted by molar-refractivity contribution is 5.13. The van der Waals surface area contributed by atoms with E-state index in [2.05, 4.69) is 22.5 Å². The zero-order valence-electron chi connectivity index (χ0n) is 12.9. The van der Waals surface area contributed by atoms with E-state index in [-0.39, 0.29) is 24.4 Å². The highest BCUT2D eigenvalue weighted by Gasteiger charge is 2.55. The summed E-state index contributed by atoms with van der Waals surface area (Å²) in [5.74, 6) is -0.581. The zero-order valence-corrected chi connectivity index (χ0v) is 12.9. The highest BCUT2D eigenvalue weighted by Crippen LogP contribution is 2.39. The van der Waals surface area contributed by atoms with Crippen molar-refractivity contribution in [3.05, 3.63) is 35.9 Å². The molecule has 3 heterocycles. The topological polar surface area (TPSA) is 55.7 Å². The van der Waals surface area contributed by atoms with Crippen molar-refractivity contribution in [2.75, 3.05) is 13.1 Å². The lowest BCUT2D eigenvalue weighted by atomic mass is 9.95. The van der Waals surface area contributed by atoms with Crippen LogP contribution in [0.3, 0.4) is 0 Å². The van der Waals surface area contributed by atoms with Crippen molar-refractivity contribution in [2.45, 2.75) is 50.6 Å². The van der Waals surface area contributed by atoms with Crippen LogP contribution in [0.1, 0.15) is 19.4 Å². The SMILES string of the molecule is CC1(C)O[C@H]2[C@H](O1)[C@H]1CN=NN1C[C@@H]2OCc1ccccc1. The van der Waals surface area contributed by atoms with Crippen LogP contribution in [0.5, 0.6) is 0 Å². The smallest absolute Gasteiger partial charge is 0.164 e. The molecule has 0 spiro atoms. The summed E-state index contributed by atoms with van der Waals surface area (Å²) in [7, 11) is 0. The van der Waals surface area contributed by atoms with Gasteiger partial charge in [-0.2, -0.15) is 5.11 Å². The monoisotopic (exact) mass is 303 g/mol. The summed E-state index contributed by atoms with van der Waals surface area (Å²) in [6, 6.07) is 10.3. The Labute approximate surface area is 130 Å². The van der Waals surface area contributed by atoms with E-state index in [0.717, 1.165) is 5.56 Å². The molecule has 0 saturated carbocycles. The van der Waals surface area contributed by atoms with Crippen molar-refractivity contribution < 1.29 is 14.2 Å². The number of ether oxygens (including phenoxy) is 3. The second-order valence-electron chi connectivity index (χ2n) is 6.50. The van der Waals surface area contributed by atoms with Crippen molar-refractivity contribution in [1.82, 2.24) is 5.01 Å². The van der Waals surface area contributed by atoms with Crippen LogP contribution in [0.15, 0.2) is 40.7 Å². The van der Waals surface area contributed by atoms with E-state index in [1.54, 1.807) is 0 Å². The minimum absolute atomic E-state index is 0.0421. The van der Waals surface area contributed by atoms with E-state index < -0.39 is 5.79 Å². The molecule has 6 heteroatoms. The summed E-state index contributed by atoms with van der Waals surface area (Å²) in [4.78, 5) is 0. The first kappa shape index (κ1) is 14.1. The van der Waals surface area contributed by atoms with Crippen molar-refractivity contribution in [3.63, 3.8) is 0 Å². The Kier molecular flexibility index (Phi) is 3.40. The predicted octanol–water partition coefficient (Wildman–Crippen LogP) is 2.16. The number of hydrogen-bond donors (Lipinski definition) is 0. The molecule has 2 fully saturated rings. The van der Waals surface area contributed by atoms with Gasteiger partial charge in [0.25, 0.3) is 0 Å². The van der Waals surface area contributed by atoms with Crippen LogP contribution in [0.25, 0.3) is 0 Å². The van der Waals surface area contributed by atoms with Crippen molar-refractivity contribution >= 4 is 0 Å². The number of piperidine rings is 1. The average Bonchev–Trinajstić information content (AvgIpc) is 3.08. The fraction of sp³-hybridized carbons (Fsp3) is 0.625. The fourth-order valence-electron chi connectivity index (χ4n) is 3.42. The summed E-state index contributed by atoms with van der Waals surface area (Å²) in [5, 5.41) is 10.4. The Bertz CT molecular complexity index is 563. The third kappa shape index (κ3) is 2.51. The van der Waals surface area contributed by atoms with Crippen molar-refractivity contribution in [3.8, 4) is 0 Å². The van der Waals surface area contributed by atoms with Crippen LogP contribution < -0.4 is 0 Å². The minimum atomic E-state index is -0.581. The van der Waals surface area contributed by atoms with Gasteiger partial charge in [0.05, 0.1) is 25.7 Å². The van der Waals surface area contributed by atoms with Gasteiger partial charge in [0.15, 0.2) is 5.79 Å². The summed E-state index contributed by atoms with van der Waals surface area (Å²) < 4.78 is 18.3. The normalized spacial score (nSPS) is 35.5. The van der Waals surface area contributed by atoms with E-state index in [0.29, 0.717) is 19.7 Å². The predicted molar refractivity (Wildman–Crippen MR) is 79.1 cm³/mol. The molecule has 2 saturated heterocycles. The lowest BCUT2D eigenvalue weighted by Crippen LogP contribution is -2.58. The largest absolute Gasteiger partial charge is 0.369 e. The highest BCUT2D eigenvalue weighted by atomic mass is 16.8. The fourth-order valence-corrected chi connectivity index (χ4v) is 3.42. The van der Waals surface area contributed by atoms with Crippen LogP contribution in [-0.4, -0.2) is 48.2 Å². The molecular weight excluding hydrogens is 282 g/mol. The van der Waals surface area contributed by atoms with Gasteiger partial charge in [-0.3, -0.25) is 5.01 Å². The van der Waals surface area contributed by atoms with Crippen molar-refractivity contribution in [1.29, 1.82) is 0 Å². The Morgan fingerprint density at radius 3 is 2.82 bits per heavy atom. The maximum Gasteiger partial charge on any atom is 0.164 e. The van der Waals surface area contributed by atoms with E-state index in [1.807, 2.05) is 37.1 Å². The van der Waals surface area contributed by atoms with Gasteiger partial charge in [-0.1, -0.05) is 35.6 Å². The molecule has 4 rings (SSSR count). The molecule has 6 nitrogen and oxygen atoms in total. The zero-order chi connectivity index (χ0) is 15.2. The molecule has 118 valence electrons. The maximum absolute atomic E-state index is 6.14. The molecule has 1 aromatic carbocycles. The quantitative estimate of drug-likeness (QED) is 0.858. The van der Waals surface area contributed by atoms with Gasteiger partial charge in [-0.05, 0) is 19.4 Å². The number of rotatable bonds is 3. The molecule has 22 heavy (non-hydrogen) atoms. The molecular formula is C16H21N3O3.